The number of ether oxygens (including phenoxy) is 1. The average molecular weight is 485 g/mol. The predicted molar refractivity (Wildman–Crippen MR) is 136 cm³/mol. The molecule has 178 valence electrons. The molecule has 0 fully saturated rings. The lowest BCUT2D eigenvalue weighted by Crippen LogP contribution is -2.42. The zero-order valence-electron chi connectivity index (χ0n) is 20.3. The Hall–Kier alpha value is -3.55. The largest absolute Gasteiger partial charge is 0.497 e. The molecule has 0 unspecified atom stereocenters. The number of Topliss-reactive ketones (excluding diaryl/α,β-unsaturated/α-hetero) is 1. The van der Waals surface area contributed by atoms with Gasteiger partial charge in [-0.3, -0.25) is 9.69 Å². The highest BCUT2D eigenvalue weighted by Gasteiger charge is 2.45. The van der Waals surface area contributed by atoms with Crippen LogP contribution in [0.3, 0.4) is 0 Å². The number of nitrogens with zero attached hydrogens (tertiary/aromatic N) is 3. The first-order valence-corrected chi connectivity index (χ1v) is 12.8. The number of nitrogens with two attached hydrogens (primary N) is 1. The van der Waals surface area contributed by atoms with Crippen LogP contribution in [-0.2, 0) is 17.6 Å². The van der Waals surface area contributed by atoms with Gasteiger partial charge in [-0.25, -0.2) is 0 Å². The average Bonchev–Trinajstić information content (AvgIpc) is 3.20. The van der Waals surface area contributed by atoms with Crippen LogP contribution in [0, 0.1) is 28.1 Å². The summed E-state index contributed by atoms with van der Waals surface area (Å²) in [6.45, 7) is 4.17. The van der Waals surface area contributed by atoms with Gasteiger partial charge in [0.05, 0.1) is 30.2 Å². The standard InChI is InChI=1S/C28H28N4O2S/c1-28(2)12-21-25(22(33)13-28)24(16-8-10-17(34-3)11-9-16)20(15-30)26(31)32(21)27-19(14-29)18-6-4-5-7-23(18)35-27/h8-11,24H,4-7,12-13,31H2,1-3H3/t24-/m1/s1. The van der Waals surface area contributed by atoms with E-state index < -0.39 is 5.92 Å². The second kappa shape index (κ2) is 8.59. The smallest absolute Gasteiger partial charge is 0.162 e. The van der Waals surface area contributed by atoms with E-state index in [4.69, 9.17) is 10.5 Å². The molecule has 0 saturated carbocycles. The number of benzene rings is 1. The highest BCUT2D eigenvalue weighted by atomic mass is 32.1. The fourth-order valence-corrected chi connectivity index (χ4v) is 7.07. The number of hydrogen-bond acceptors (Lipinski definition) is 7. The normalized spacial score (nSPS) is 21.2. The van der Waals surface area contributed by atoms with Crippen molar-refractivity contribution in [3.05, 3.63) is 68.5 Å². The van der Waals surface area contributed by atoms with E-state index >= 15 is 0 Å². The van der Waals surface area contributed by atoms with Crippen molar-refractivity contribution < 1.29 is 9.53 Å². The summed E-state index contributed by atoms with van der Waals surface area (Å²) in [7, 11) is 1.60. The molecule has 2 aliphatic carbocycles. The Morgan fingerprint density at radius 1 is 1.11 bits per heavy atom. The van der Waals surface area contributed by atoms with Crippen molar-refractivity contribution in [3.8, 4) is 17.9 Å². The Kier molecular flexibility index (Phi) is 5.69. The van der Waals surface area contributed by atoms with Crippen LogP contribution in [0.4, 0.5) is 5.00 Å². The quantitative estimate of drug-likeness (QED) is 0.621. The van der Waals surface area contributed by atoms with Gasteiger partial charge >= 0.3 is 0 Å². The van der Waals surface area contributed by atoms with E-state index in [2.05, 4.69) is 26.0 Å². The van der Waals surface area contributed by atoms with Gasteiger partial charge in [-0.1, -0.05) is 26.0 Å². The molecule has 3 aliphatic rings. The predicted octanol–water partition coefficient (Wildman–Crippen LogP) is 5.45. The summed E-state index contributed by atoms with van der Waals surface area (Å²) in [6, 6.07) is 12.2. The minimum absolute atomic E-state index is 0.0298. The summed E-state index contributed by atoms with van der Waals surface area (Å²) in [5.41, 5.74) is 10.9. The Labute approximate surface area is 209 Å². The molecule has 2 N–H and O–H groups in total. The third-order valence-electron chi connectivity index (χ3n) is 7.30. The van der Waals surface area contributed by atoms with E-state index in [0.29, 0.717) is 41.1 Å². The molecular weight excluding hydrogens is 456 g/mol. The SMILES string of the molecule is COc1ccc([C@@H]2C(C#N)=C(N)N(c3sc4c(c3C#N)CCCC4)C3=C2C(=O)CC(C)(C)C3)cc1. The highest BCUT2D eigenvalue weighted by Crippen LogP contribution is 2.52. The van der Waals surface area contributed by atoms with Gasteiger partial charge < -0.3 is 10.5 Å². The molecule has 7 heteroatoms. The molecule has 0 saturated heterocycles. The Balaban J connectivity index is 1.77. The van der Waals surface area contributed by atoms with Gasteiger partial charge in [0.25, 0.3) is 0 Å². The van der Waals surface area contributed by atoms with E-state index in [0.717, 1.165) is 47.5 Å². The van der Waals surface area contributed by atoms with Crippen molar-refractivity contribution in [2.24, 2.45) is 11.1 Å². The Morgan fingerprint density at radius 3 is 2.49 bits per heavy atom. The van der Waals surface area contributed by atoms with Gasteiger partial charge in [-0.2, -0.15) is 10.5 Å². The number of carbonyl (C=O) groups is 1. The number of rotatable bonds is 3. The summed E-state index contributed by atoms with van der Waals surface area (Å²) in [6.07, 6.45) is 5.02. The summed E-state index contributed by atoms with van der Waals surface area (Å²) in [4.78, 5) is 16.8. The van der Waals surface area contributed by atoms with Gasteiger partial charge in [0.1, 0.15) is 22.6 Å². The van der Waals surface area contributed by atoms with Crippen LogP contribution in [0.5, 0.6) is 5.75 Å². The van der Waals surface area contributed by atoms with Crippen molar-refractivity contribution in [2.45, 2.75) is 58.3 Å². The summed E-state index contributed by atoms with van der Waals surface area (Å²) in [5, 5.41) is 21.2. The summed E-state index contributed by atoms with van der Waals surface area (Å²) >= 11 is 1.59. The fourth-order valence-electron chi connectivity index (χ4n) is 5.69. The maximum absolute atomic E-state index is 13.7. The number of ketones is 1. The molecule has 0 spiro atoms. The van der Waals surface area contributed by atoms with E-state index in [-0.39, 0.29) is 11.2 Å². The van der Waals surface area contributed by atoms with Crippen LogP contribution in [-0.4, -0.2) is 12.9 Å². The lowest BCUT2D eigenvalue weighted by molar-refractivity contribution is -0.118. The first-order valence-electron chi connectivity index (χ1n) is 11.9. The van der Waals surface area contributed by atoms with Gasteiger partial charge in [0.15, 0.2) is 5.78 Å². The summed E-state index contributed by atoms with van der Waals surface area (Å²) < 4.78 is 5.31. The first kappa shape index (κ1) is 23.2. The zero-order chi connectivity index (χ0) is 24.9. The van der Waals surface area contributed by atoms with Gasteiger partial charge in [-0.05, 0) is 60.8 Å². The molecule has 2 aromatic rings. The van der Waals surface area contributed by atoms with Gasteiger partial charge in [0.2, 0.25) is 0 Å². The van der Waals surface area contributed by atoms with Crippen LogP contribution in [0.2, 0.25) is 0 Å². The number of carbonyl (C=O) groups excluding carboxylic acids is 1. The maximum atomic E-state index is 13.7. The van der Waals surface area contributed by atoms with E-state index in [1.54, 1.807) is 18.4 Å². The third-order valence-corrected chi connectivity index (χ3v) is 8.57. The fraction of sp³-hybridized carbons (Fsp3) is 0.393. The molecule has 0 radical (unpaired) electrons. The second-order valence-corrected chi connectivity index (χ2v) is 11.3. The molecule has 0 amide bonds. The Morgan fingerprint density at radius 2 is 1.83 bits per heavy atom. The number of thiophene rings is 1. The number of anilines is 1. The van der Waals surface area contributed by atoms with Crippen LogP contribution in [0.15, 0.2) is 46.9 Å². The van der Waals surface area contributed by atoms with Crippen molar-refractivity contribution in [1.29, 1.82) is 10.5 Å². The lowest BCUT2D eigenvalue weighted by Gasteiger charge is -2.43. The van der Waals surface area contributed by atoms with E-state index in [1.807, 2.05) is 29.2 Å². The topological polar surface area (TPSA) is 103 Å². The summed E-state index contributed by atoms with van der Waals surface area (Å²) in [5.74, 6) is 0.505. The van der Waals surface area contributed by atoms with Gasteiger partial charge in [0, 0.05) is 22.6 Å². The lowest BCUT2D eigenvalue weighted by atomic mass is 9.68. The van der Waals surface area contributed by atoms with Crippen molar-refractivity contribution in [3.63, 3.8) is 0 Å². The third kappa shape index (κ3) is 3.72. The van der Waals surface area contributed by atoms with Crippen molar-refractivity contribution in [2.75, 3.05) is 12.0 Å². The monoisotopic (exact) mass is 484 g/mol. The molecule has 1 aromatic carbocycles. The molecule has 2 heterocycles. The molecule has 1 atom stereocenters. The zero-order valence-corrected chi connectivity index (χ0v) is 21.1. The first-order chi connectivity index (χ1) is 16.8. The molecule has 5 rings (SSSR count). The number of fused-ring (bicyclic) bond motifs is 1. The highest BCUT2D eigenvalue weighted by molar-refractivity contribution is 7.16. The molecule has 35 heavy (non-hydrogen) atoms. The molecular formula is C28H28N4O2S. The number of hydrogen-bond donors (Lipinski definition) is 1. The number of nitriles is 2. The molecule has 0 bridgehead atoms. The number of allylic oxidation sites excluding steroid dienone is 3. The van der Waals surface area contributed by atoms with E-state index in [9.17, 15) is 15.3 Å². The minimum atomic E-state index is -0.541. The van der Waals surface area contributed by atoms with Crippen LogP contribution in [0.1, 0.15) is 67.0 Å². The van der Waals surface area contributed by atoms with Crippen molar-refractivity contribution in [1.82, 2.24) is 0 Å². The molecule has 6 nitrogen and oxygen atoms in total. The van der Waals surface area contributed by atoms with Crippen LogP contribution in [0.25, 0.3) is 0 Å². The maximum Gasteiger partial charge on any atom is 0.162 e. The van der Waals surface area contributed by atoms with Gasteiger partial charge in [-0.15, -0.1) is 11.3 Å². The minimum Gasteiger partial charge on any atom is -0.497 e. The molecule has 1 aromatic heterocycles. The Bertz CT molecular complexity index is 1370. The van der Waals surface area contributed by atoms with Crippen LogP contribution >= 0.6 is 11.3 Å². The molecule has 1 aliphatic heterocycles. The number of methoxy groups -OCH3 is 1. The van der Waals surface area contributed by atoms with E-state index in [1.165, 1.54) is 4.88 Å². The second-order valence-electron chi connectivity index (χ2n) is 10.3. The van der Waals surface area contributed by atoms with Crippen molar-refractivity contribution >= 4 is 22.1 Å². The number of aryl methyl sites for hydroxylation is 1. The van der Waals surface area contributed by atoms with Crippen LogP contribution < -0.4 is 15.4 Å².